The van der Waals surface area contributed by atoms with Crippen molar-refractivity contribution in [2.75, 3.05) is 22.9 Å². The Balaban J connectivity index is 0.000000277. The Bertz CT molecular complexity index is 861. The summed E-state index contributed by atoms with van der Waals surface area (Å²) in [7, 11) is 0. The molecule has 180 valence electrons. The molecule has 0 saturated heterocycles. The summed E-state index contributed by atoms with van der Waals surface area (Å²) in [4.78, 5) is 0. The summed E-state index contributed by atoms with van der Waals surface area (Å²) in [5.74, 6) is 0. The number of hydrogen-bond donors (Lipinski definition) is 4. The molecule has 0 heterocycles. The van der Waals surface area contributed by atoms with Crippen LogP contribution in [0, 0.1) is 0 Å². The summed E-state index contributed by atoms with van der Waals surface area (Å²) in [6.07, 6.45) is 2.50. The van der Waals surface area contributed by atoms with Crippen LogP contribution in [0.15, 0.2) is 97.1 Å². The maximum Gasteiger partial charge on any atom is 0.0314 e. The molecule has 0 aliphatic rings. The molecule has 0 aliphatic heterocycles. The van der Waals surface area contributed by atoms with E-state index in [1.165, 1.54) is 12.8 Å². The molecule has 0 aliphatic carbocycles. The Morgan fingerprint density at radius 2 is 0.441 bits per heavy atom. The topological polar surface area (TPSA) is 104 Å². The SMILES string of the molecule is CCC.CCC.Nc1ccc(-c2ccc(N)cc2)cc1.Nc1ccc(-c2ccc(N)cc2)cc1. The van der Waals surface area contributed by atoms with E-state index in [1.807, 2.05) is 97.1 Å². The second-order valence-electron chi connectivity index (χ2n) is 7.90. The molecule has 0 spiro atoms. The fourth-order valence-electron chi connectivity index (χ4n) is 2.70. The van der Waals surface area contributed by atoms with E-state index in [0.717, 1.165) is 45.0 Å². The second-order valence-corrected chi connectivity index (χ2v) is 7.90. The molecule has 0 amide bonds. The molecular formula is C30H40N4. The van der Waals surface area contributed by atoms with Crippen molar-refractivity contribution < 1.29 is 0 Å². The van der Waals surface area contributed by atoms with E-state index in [9.17, 15) is 0 Å². The van der Waals surface area contributed by atoms with Crippen molar-refractivity contribution in [3.8, 4) is 22.3 Å². The van der Waals surface area contributed by atoms with Crippen LogP contribution in [0.3, 0.4) is 0 Å². The maximum absolute atomic E-state index is 5.61. The molecule has 0 saturated carbocycles. The van der Waals surface area contributed by atoms with Crippen LogP contribution in [0.1, 0.15) is 40.5 Å². The van der Waals surface area contributed by atoms with Crippen LogP contribution in [0.4, 0.5) is 22.7 Å². The Labute approximate surface area is 205 Å². The van der Waals surface area contributed by atoms with E-state index < -0.39 is 0 Å². The first kappa shape index (κ1) is 28.1. The predicted molar refractivity (Wildman–Crippen MR) is 153 cm³/mol. The lowest BCUT2D eigenvalue weighted by atomic mass is 10.1. The third-order valence-electron chi connectivity index (χ3n) is 4.31. The minimum Gasteiger partial charge on any atom is -0.399 e. The number of anilines is 4. The lowest BCUT2D eigenvalue weighted by Crippen LogP contribution is -1.85. The molecule has 0 bridgehead atoms. The first-order chi connectivity index (χ1) is 16.3. The average Bonchev–Trinajstić information content (AvgIpc) is 2.83. The van der Waals surface area contributed by atoms with Crippen molar-refractivity contribution in [2.24, 2.45) is 0 Å². The van der Waals surface area contributed by atoms with Gasteiger partial charge in [-0.05, 0) is 70.8 Å². The minimum absolute atomic E-state index is 0.782. The van der Waals surface area contributed by atoms with Gasteiger partial charge in [0.15, 0.2) is 0 Å². The van der Waals surface area contributed by atoms with Gasteiger partial charge < -0.3 is 22.9 Å². The third kappa shape index (κ3) is 10.6. The van der Waals surface area contributed by atoms with Gasteiger partial charge in [-0.2, -0.15) is 0 Å². The Morgan fingerprint density at radius 1 is 0.324 bits per heavy atom. The van der Waals surface area contributed by atoms with Crippen LogP contribution in [-0.4, -0.2) is 0 Å². The van der Waals surface area contributed by atoms with Crippen LogP contribution in [0.5, 0.6) is 0 Å². The van der Waals surface area contributed by atoms with E-state index in [1.54, 1.807) is 0 Å². The molecule has 4 rings (SSSR count). The lowest BCUT2D eigenvalue weighted by Gasteiger charge is -2.02. The van der Waals surface area contributed by atoms with Gasteiger partial charge in [0, 0.05) is 22.7 Å². The molecule has 4 aromatic rings. The van der Waals surface area contributed by atoms with Crippen LogP contribution in [-0.2, 0) is 0 Å². The summed E-state index contributed by atoms with van der Waals surface area (Å²) >= 11 is 0. The molecule has 4 nitrogen and oxygen atoms in total. The molecule has 34 heavy (non-hydrogen) atoms. The number of rotatable bonds is 2. The molecule has 0 radical (unpaired) electrons. The fourth-order valence-corrected chi connectivity index (χ4v) is 2.70. The summed E-state index contributed by atoms with van der Waals surface area (Å²) < 4.78 is 0. The van der Waals surface area contributed by atoms with Crippen LogP contribution in [0.2, 0.25) is 0 Å². The average molecular weight is 457 g/mol. The van der Waals surface area contributed by atoms with Gasteiger partial charge in [0.05, 0.1) is 0 Å². The normalized spacial score (nSPS) is 9.29. The first-order valence-corrected chi connectivity index (χ1v) is 11.8. The Hall–Kier alpha value is -3.92. The summed E-state index contributed by atoms with van der Waals surface area (Å²) in [5.41, 5.74) is 30.2. The maximum atomic E-state index is 5.61. The molecule has 0 atom stereocenters. The molecule has 0 unspecified atom stereocenters. The fraction of sp³-hybridized carbons (Fsp3) is 0.200. The van der Waals surface area contributed by atoms with Gasteiger partial charge in [0.1, 0.15) is 0 Å². The highest BCUT2D eigenvalue weighted by Gasteiger charge is 1.97. The summed E-state index contributed by atoms with van der Waals surface area (Å²) in [6.45, 7) is 8.50. The number of nitrogen functional groups attached to an aromatic ring is 4. The third-order valence-corrected chi connectivity index (χ3v) is 4.31. The van der Waals surface area contributed by atoms with E-state index in [4.69, 9.17) is 22.9 Å². The zero-order valence-electron chi connectivity index (χ0n) is 21.0. The lowest BCUT2D eigenvalue weighted by molar-refractivity contribution is 1.09. The van der Waals surface area contributed by atoms with E-state index in [0.29, 0.717) is 0 Å². The summed E-state index contributed by atoms with van der Waals surface area (Å²) in [5, 5.41) is 0. The van der Waals surface area contributed by atoms with Gasteiger partial charge in [-0.1, -0.05) is 89.1 Å². The Morgan fingerprint density at radius 3 is 0.559 bits per heavy atom. The minimum atomic E-state index is 0.782. The Kier molecular flexibility index (Phi) is 13.1. The molecular weight excluding hydrogens is 416 g/mol. The van der Waals surface area contributed by atoms with Crippen molar-refractivity contribution in [1.29, 1.82) is 0 Å². The quantitative estimate of drug-likeness (QED) is 0.230. The van der Waals surface area contributed by atoms with Crippen LogP contribution < -0.4 is 22.9 Å². The largest absolute Gasteiger partial charge is 0.399 e. The van der Waals surface area contributed by atoms with E-state index >= 15 is 0 Å². The van der Waals surface area contributed by atoms with E-state index in [-0.39, 0.29) is 0 Å². The van der Waals surface area contributed by atoms with Crippen molar-refractivity contribution in [3.63, 3.8) is 0 Å². The van der Waals surface area contributed by atoms with E-state index in [2.05, 4.69) is 27.7 Å². The van der Waals surface area contributed by atoms with Gasteiger partial charge in [-0.15, -0.1) is 0 Å². The van der Waals surface area contributed by atoms with Crippen LogP contribution >= 0.6 is 0 Å². The van der Waals surface area contributed by atoms with Crippen LogP contribution in [0.25, 0.3) is 22.3 Å². The first-order valence-electron chi connectivity index (χ1n) is 11.8. The molecule has 4 aromatic carbocycles. The number of nitrogens with two attached hydrogens (primary N) is 4. The number of hydrogen-bond acceptors (Lipinski definition) is 4. The molecule has 4 heteroatoms. The highest BCUT2D eigenvalue weighted by atomic mass is 14.5. The predicted octanol–water partition coefficient (Wildman–Crippen LogP) is 7.87. The highest BCUT2D eigenvalue weighted by molar-refractivity contribution is 5.68. The second kappa shape index (κ2) is 15.8. The monoisotopic (exact) mass is 456 g/mol. The van der Waals surface area contributed by atoms with Crippen molar-refractivity contribution in [1.82, 2.24) is 0 Å². The van der Waals surface area contributed by atoms with Crippen molar-refractivity contribution in [2.45, 2.75) is 40.5 Å². The summed E-state index contributed by atoms with van der Waals surface area (Å²) in [6, 6.07) is 31.2. The highest BCUT2D eigenvalue weighted by Crippen LogP contribution is 2.22. The number of benzene rings is 4. The zero-order chi connectivity index (χ0) is 25.3. The van der Waals surface area contributed by atoms with Gasteiger partial charge in [0.25, 0.3) is 0 Å². The molecule has 8 N–H and O–H groups in total. The smallest absolute Gasteiger partial charge is 0.0314 e. The molecule has 0 aromatic heterocycles. The van der Waals surface area contributed by atoms with Gasteiger partial charge in [-0.25, -0.2) is 0 Å². The van der Waals surface area contributed by atoms with Gasteiger partial charge >= 0.3 is 0 Å². The van der Waals surface area contributed by atoms with Gasteiger partial charge in [-0.3, -0.25) is 0 Å². The zero-order valence-corrected chi connectivity index (χ0v) is 21.0. The molecule has 0 fully saturated rings. The van der Waals surface area contributed by atoms with Crippen molar-refractivity contribution >= 4 is 22.7 Å². The van der Waals surface area contributed by atoms with Gasteiger partial charge in [0.2, 0.25) is 0 Å². The van der Waals surface area contributed by atoms with Crippen molar-refractivity contribution in [3.05, 3.63) is 97.1 Å². The standard InChI is InChI=1S/2C12H12N2.2C3H8/c2*13-11-5-1-9(2-6-11)10-3-7-12(14)8-4-10;2*1-3-2/h2*1-8H,13-14H2;2*3H2,1-2H3.